The minimum Gasteiger partial charge on any atom is -0.282 e. The lowest BCUT2D eigenvalue weighted by atomic mass is 9.86. The van der Waals surface area contributed by atoms with Crippen LogP contribution in [0.2, 0.25) is 0 Å². The Bertz CT molecular complexity index is 463. The Hall–Kier alpha value is -0.810. The minimum absolute atomic E-state index is 0.0269. The van der Waals surface area contributed by atoms with Crippen molar-refractivity contribution in [3.8, 4) is 0 Å². The van der Waals surface area contributed by atoms with Crippen LogP contribution < -0.4 is 0 Å². The SMILES string of the molecule is O=C1C[C@@]2(CCSC2)C(=O)N1CCc1cccs1. The van der Waals surface area contributed by atoms with E-state index in [9.17, 15) is 9.59 Å². The van der Waals surface area contributed by atoms with Crippen molar-refractivity contribution in [3.05, 3.63) is 22.4 Å². The van der Waals surface area contributed by atoms with Gasteiger partial charge in [-0.3, -0.25) is 14.5 Å². The molecule has 0 radical (unpaired) electrons. The molecule has 1 aromatic heterocycles. The topological polar surface area (TPSA) is 37.4 Å². The fraction of sp³-hybridized carbons (Fsp3) is 0.538. The number of hydrogen-bond donors (Lipinski definition) is 0. The second-order valence-corrected chi connectivity index (χ2v) is 7.08. The van der Waals surface area contributed by atoms with Gasteiger partial charge in [-0.05, 0) is 30.0 Å². The van der Waals surface area contributed by atoms with Crippen molar-refractivity contribution < 1.29 is 9.59 Å². The van der Waals surface area contributed by atoms with Gasteiger partial charge in [0.1, 0.15) is 0 Å². The molecule has 3 rings (SSSR count). The fourth-order valence-electron chi connectivity index (χ4n) is 2.68. The number of imide groups is 1. The smallest absolute Gasteiger partial charge is 0.236 e. The number of hydrogen-bond acceptors (Lipinski definition) is 4. The van der Waals surface area contributed by atoms with Crippen LogP contribution in [0.5, 0.6) is 0 Å². The number of rotatable bonds is 3. The van der Waals surface area contributed by atoms with Crippen molar-refractivity contribution in [3.63, 3.8) is 0 Å². The molecular formula is C13H15NO2S2. The van der Waals surface area contributed by atoms with Gasteiger partial charge in [0.05, 0.1) is 5.41 Å². The highest BCUT2D eigenvalue weighted by Crippen LogP contribution is 2.44. The highest BCUT2D eigenvalue weighted by molar-refractivity contribution is 7.99. The maximum Gasteiger partial charge on any atom is 0.236 e. The Kier molecular flexibility index (Phi) is 3.20. The molecule has 5 heteroatoms. The monoisotopic (exact) mass is 281 g/mol. The lowest BCUT2D eigenvalue weighted by Crippen LogP contribution is -2.36. The number of carbonyl (C=O) groups excluding carboxylic acids is 2. The molecule has 3 heterocycles. The Morgan fingerprint density at radius 1 is 1.39 bits per heavy atom. The summed E-state index contributed by atoms with van der Waals surface area (Å²) in [4.78, 5) is 27.1. The zero-order chi connectivity index (χ0) is 12.6. The van der Waals surface area contributed by atoms with Crippen molar-refractivity contribution in [1.82, 2.24) is 4.90 Å². The molecule has 2 aliphatic heterocycles. The highest BCUT2D eigenvalue weighted by Gasteiger charge is 2.52. The largest absolute Gasteiger partial charge is 0.282 e. The molecule has 1 aromatic rings. The standard InChI is InChI=1S/C13H15NO2S2/c15-11-8-13(4-7-17-9-13)12(16)14(11)5-3-10-2-1-6-18-10/h1-2,6H,3-5,7-9H2/t13-/m1/s1. The Balaban J connectivity index is 1.69. The van der Waals surface area contributed by atoms with Gasteiger partial charge in [-0.2, -0.15) is 11.8 Å². The van der Waals surface area contributed by atoms with Gasteiger partial charge in [-0.25, -0.2) is 0 Å². The molecule has 1 spiro atoms. The number of amides is 2. The van der Waals surface area contributed by atoms with Gasteiger partial charge < -0.3 is 0 Å². The van der Waals surface area contributed by atoms with Gasteiger partial charge in [0.25, 0.3) is 0 Å². The average molecular weight is 281 g/mol. The summed E-state index contributed by atoms with van der Waals surface area (Å²) in [5.41, 5.74) is -0.350. The van der Waals surface area contributed by atoms with Crippen molar-refractivity contribution in [2.24, 2.45) is 5.41 Å². The first-order valence-electron chi connectivity index (χ1n) is 6.16. The lowest BCUT2D eigenvalue weighted by Gasteiger charge is -2.20. The number of carbonyl (C=O) groups is 2. The van der Waals surface area contributed by atoms with Gasteiger partial charge >= 0.3 is 0 Å². The van der Waals surface area contributed by atoms with Crippen LogP contribution in [-0.4, -0.2) is 34.8 Å². The molecule has 0 bridgehead atoms. The molecule has 2 aliphatic rings. The third-order valence-corrected chi connectivity index (χ3v) is 5.94. The summed E-state index contributed by atoms with van der Waals surface area (Å²) in [7, 11) is 0. The third-order valence-electron chi connectivity index (χ3n) is 3.75. The predicted octanol–water partition coefficient (Wildman–Crippen LogP) is 2.17. The van der Waals surface area contributed by atoms with E-state index in [0.29, 0.717) is 13.0 Å². The van der Waals surface area contributed by atoms with Crippen LogP contribution >= 0.6 is 23.1 Å². The summed E-state index contributed by atoms with van der Waals surface area (Å²) in [5.74, 6) is 1.94. The number of thioether (sulfide) groups is 1. The van der Waals surface area contributed by atoms with E-state index in [1.54, 1.807) is 23.1 Å². The molecular weight excluding hydrogens is 266 g/mol. The van der Waals surface area contributed by atoms with Crippen LogP contribution in [-0.2, 0) is 16.0 Å². The Morgan fingerprint density at radius 2 is 2.28 bits per heavy atom. The van der Waals surface area contributed by atoms with Gasteiger partial charge in [0.15, 0.2) is 0 Å². The van der Waals surface area contributed by atoms with Crippen molar-refractivity contribution >= 4 is 34.9 Å². The molecule has 18 heavy (non-hydrogen) atoms. The lowest BCUT2D eigenvalue weighted by molar-refractivity contribution is -0.140. The van der Waals surface area contributed by atoms with E-state index in [-0.39, 0.29) is 17.2 Å². The van der Waals surface area contributed by atoms with Gasteiger partial charge in [-0.15, -0.1) is 11.3 Å². The molecule has 0 aromatic carbocycles. The number of nitrogens with zero attached hydrogens (tertiary/aromatic N) is 1. The van der Waals surface area contributed by atoms with E-state index in [4.69, 9.17) is 0 Å². The van der Waals surface area contributed by atoms with E-state index in [1.165, 1.54) is 9.78 Å². The molecule has 2 amide bonds. The zero-order valence-electron chi connectivity index (χ0n) is 10.1. The van der Waals surface area contributed by atoms with Crippen LogP contribution in [0.25, 0.3) is 0 Å². The summed E-state index contributed by atoms with van der Waals surface area (Å²) < 4.78 is 0. The summed E-state index contributed by atoms with van der Waals surface area (Å²) in [6, 6.07) is 4.06. The second-order valence-electron chi connectivity index (χ2n) is 4.94. The van der Waals surface area contributed by atoms with Gasteiger partial charge in [-0.1, -0.05) is 6.07 Å². The highest BCUT2D eigenvalue weighted by atomic mass is 32.2. The Labute approximate surface area is 115 Å². The van der Waals surface area contributed by atoms with E-state index < -0.39 is 0 Å². The van der Waals surface area contributed by atoms with Crippen LogP contribution in [0, 0.1) is 5.41 Å². The third kappa shape index (κ3) is 1.99. The molecule has 0 aliphatic carbocycles. The Morgan fingerprint density at radius 3 is 2.94 bits per heavy atom. The number of likely N-dealkylation sites (tertiary alicyclic amines) is 1. The van der Waals surface area contributed by atoms with Crippen molar-refractivity contribution in [2.75, 3.05) is 18.1 Å². The first kappa shape index (κ1) is 12.2. The quantitative estimate of drug-likeness (QED) is 0.797. The van der Waals surface area contributed by atoms with E-state index in [1.807, 2.05) is 11.4 Å². The summed E-state index contributed by atoms with van der Waals surface area (Å²) >= 11 is 3.48. The summed E-state index contributed by atoms with van der Waals surface area (Å²) in [5, 5.41) is 2.03. The molecule has 2 fully saturated rings. The molecule has 0 saturated carbocycles. The summed E-state index contributed by atoms with van der Waals surface area (Å²) in [6.07, 6.45) is 2.10. The van der Waals surface area contributed by atoms with Crippen molar-refractivity contribution in [2.45, 2.75) is 19.3 Å². The first-order chi connectivity index (χ1) is 8.71. The molecule has 3 nitrogen and oxygen atoms in total. The molecule has 0 unspecified atom stereocenters. The second kappa shape index (κ2) is 4.70. The molecule has 0 N–H and O–H groups in total. The van der Waals surface area contributed by atoms with Crippen LogP contribution in [0.1, 0.15) is 17.7 Å². The number of thiophene rings is 1. The van der Waals surface area contributed by atoms with E-state index in [2.05, 4.69) is 6.07 Å². The van der Waals surface area contributed by atoms with Crippen LogP contribution in [0.4, 0.5) is 0 Å². The van der Waals surface area contributed by atoms with Gasteiger partial charge in [0.2, 0.25) is 11.8 Å². The van der Waals surface area contributed by atoms with Crippen molar-refractivity contribution in [1.29, 1.82) is 0 Å². The average Bonchev–Trinajstić information content (AvgIpc) is 3.03. The normalized spacial score (nSPS) is 27.7. The summed E-state index contributed by atoms with van der Waals surface area (Å²) in [6.45, 7) is 0.546. The van der Waals surface area contributed by atoms with Crippen LogP contribution in [0.3, 0.4) is 0 Å². The first-order valence-corrected chi connectivity index (χ1v) is 8.20. The molecule has 96 valence electrons. The minimum atomic E-state index is -0.350. The maximum absolute atomic E-state index is 12.4. The van der Waals surface area contributed by atoms with Gasteiger partial charge in [0, 0.05) is 23.6 Å². The van der Waals surface area contributed by atoms with E-state index in [0.717, 1.165) is 24.3 Å². The van der Waals surface area contributed by atoms with E-state index >= 15 is 0 Å². The predicted molar refractivity (Wildman–Crippen MR) is 73.7 cm³/mol. The van der Waals surface area contributed by atoms with Crippen LogP contribution in [0.15, 0.2) is 17.5 Å². The maximum atomic E-state index is 12.4. The fourth-order valence-corrected chi connectivity index (χ4v) is 4.82. The molecule has 2 saturated heterocycles. The molecule has 1 atom stereocenters. The zero-order valence-corrected chi connectivity index (χ0v) is 11.7.